The van der Waals surface area contributed by atoms with Gasteiger partial charge in [-0.05, 0) is 37.3 Å². The summed E-state index contributed by atoms with van der Waals surface area (Å²) in [5.74, 6) is -1.45. The first-order chi connectivity index (χ1) is 14.5. The predicted octanol–water partition coefficient (Wildman–Crippen LogP) is 3.89. The number of para-hydroxylation sites is 1. The Balaban J connectivity index is 1.83. The maximum Gasteiger partial charge on any atom is 0.343 e. The van der Waals surface area contributed by atoms with E-state index in [-0.39, 0.29) is 16.9 Å². The Morgan fingerprint density at radius 2 is 1.67 bits per heavy atom. The number of esters is 1. The van der Waals surface area contributed by atoms with Crippen molar-refractivity contribution < 1.29 is 19.2 Å². The molecule has 0 bridgehead atoms. The minimum Gasteiger partial charge on any atom is -0.415 e. The molecular weight excluding hydrogens is 386 g/mol. The van der Waals surface area contributed by atoms with E-state index in [4.69, 9.17) is 4.74 Å². The van der Waals surface area contributed by atoms with Crippen molar-refractivity contribution in [3.8, 4) is 5.75 Å². The molecule has 0 unspecified atom stereocenters. The fraction of sp³-hybridized carbons (Fsp3) is 0.0455. The summed E-state index contributed by atoms with van der Waals surface area (Å²) in [6, 6.07) is 19.1. The Morgan fingerprint density at radius 1 is 0.967 bits per heavy atom. The van der Waals surface area contributed by atoms with Gasteiger partial charge in [0, 0.05) is 17.2 Å². The maximum absolute atomic E-state index is 12.4. The van der Waals surface area contributed by atoms with Crippen LogP contribution in [0.5, 0.6) is 5.75 Å². The van der Waals surface area contributed by atoms with Gasteiger partial charge >= 0.3 is 11.7 Å². The highest BCUT2D eigenvalue weighted by Crippen LogP contribution is 2.30. The summed E-state index contributed by atoms with van der Waals surface area (Å²) >= 11 is 0. The maximum atomic E-state index is 12.4. The lowest BCUT2D eigenvalue weighted by atomic mass is 10.1. The lowest BCUT2D eigenvalue weighted by molar-refractivity contribution is -0.385. The number of hydrazone groups is 1. The van der Waals surface area contributed by atoms with Crippen LogP contribution in [0.1, 0.15) is 31.8 Å². The summed E-state index contributed by atoms with van der Waals surface area (Å²) < 4.78 is 5.29. The van der Waals surface area contributed by atoms with Crippen LogP contribution < -0.4 is 10.2 Å². The van der Waals surface area contributed by atoms with Crippen molar-refractivity contribution in [1.82, 2.24) is 5.43 Å². The molecular formula is C22H17N3O5. The topological polar surface area (TPSA) is 111 Å². The molecule has 0 aromatic heterocycles. The standard InChI is InChI=1S/C22H17N3O5/c1-15-10-12-16(13-11-15)21(26)24-23-14-18-8-5-9-19(25(28)29)20(18)30-22(27)17-6-3-2-4-7-17/h2-14H,1H3,(H,24,26)/b23-14+. The third-order valence-electron chi connectivity index (χ3n) is 4.11. The van der Waals surface area contributed by atoms with Crippen LogP contribution in [0.15, 0.2) is 77.9 Å². The molecule has 0 radical (unpaired) electrons. The second kappa shape index (κ2) is 9.24. The molecule has 3 rings (SSSR count). The van der Waals surface area contributed by atoms with Crippen molar-refractivity contribution >= 4 is 23.8 Å². The summed E-state index contributed by atoms with van der Waals surface area (Å²) in [5.41, 5.74) is 3.78. The molecule has 0 saturated heterocycles. The van der Waals surface area contributed by atoms with E-state index >= 15 is 0 Å². The highest BCUT2D eigenvalue weighted by molar-refractivity contribution is 5.96. The Bertz CT molecular complexity index is 1110. The van der Waals surface area contributed by atoms with E-state index < -0.39 is 22.5 Å². The van der Waals surface area contributed by atoms with Gasteiger partial charge in [-0.15, -0.1) is 0 Å². The number of aryl methyl sites for hydroxylation is 1. The van der Waals surface area contributed by atoms with Crippen LogP contribution in [-0.2, 0) is 0 Å². The number of nitrogens with one attached hydrogen (secondary N) is 1. The first-order valence-electron chi connectivity index (χ1n) is 8.90. The summed E-state index contributed by atoms with van der Waals surface area (Å²) in [7, 11) is 0. The number of rotatable bonds is 6. The van der Waals surface area contributed by atoms with Gasteiger partial charge in [-0.2, -0.15) is 5.10 Å². The number of benzene rings is 3. The van der Waals surface area contributed by atoms with Crippen molar-refractivity contribution in [2.75, 3.05) is 0 Å². The molecule has 0 fully saturated rings. The summed E-state index contributed by atoms with van der Waals surface area (Å²) in [6.45, 7) is 1.90. The van der Waals surface area contributed by atoms with E-state index in [1.54, 1.807) is 42.5 Å². The fourth-order valence-electron chi connectivity index (χ4n) is 2.55. The van der Waals surface area contributed by atoms with Crippen LogP contribution in [-0.4, -0.2) is 23.0 Å². The van der Waals surface area contributed by atoms with Crippen LogP contribution in [0.2, 0.25) is 0 Å². The highest BCUT2D eigenvalue weighted by atomic mass is 16.6. The third-order valence-corrected chi connectivity index (χ3v) is 4.11. The van der Waals surface area contributed by atoms with Gasteiger partial charge in [-0.1, -0.05) is 42.0 Å². The van der Waals surface area contributed by atoms with Gasteiger partial charge in [-0.25, -0.2) is 10.2 Å². The largest absolute Gasteiger partial charge is 0.415 e. The lowest BCUT2D eigenvalue weighted by Gasteiger charge is -2.08. The molecule has 150 valence electrons. The second-order valence-corrected chi connectivity index (χ2v) is 6.27. The monoisotopic (exact) mass is 403 g/mol. The summed E-state index contributed by atoms with van der Waals surface area (Å²) in [6.07, 6.45) is 1.19. The zero-order valence-electron chi connectivity index (χ0n) is 15.9. The van der Waals surface area contributed by atoms with Gasteiger partial charge in [-0.3, -0.25) is 14.9 Å². The van der Waals surface area contributed by atoms with E-state index in [9.17, 15) is 19.7 Å². The number of amides is 1. The lowest BCUT2D eigenvalue weighted by Crippen LogP contribution is -2.17. The van der Waals surface area contributed by atoms with Crippen LogP contribution in [0.25, 0.3) is 0 Å². The summed E-state index contributed by atoms with van der Waals surface area (Å²) in [4.78, 5) is 35.3. The zero-order valence-corrected chi connectivity index (χ0v) is 15.9. The number of hydrogen-bond acceptors (Lipinski definition) is 6. The van der Waals surface area contributed by atoms with Crippen molar-refractivity contribution in [3.05, 3.63) is 105 Å². The van der Waals surface area contributed by atoms with Crippen molar-refractivity contribution in [2.24, 2.45) is 5.10 Å². The van der Waals surface area contributed by atoms with Gasteiger partial charge in [0.05, 0.1) is 16.7 Å². The van der Waals surface area contributed by atoms with E-state index in [0.717, 1.165) is 5.56 Å². The van der Waals surface area contributed by atoms with E-state index in [1.807, 2.05) is 6.92 Å². The molecule has 0 aliphatic rings. The van der Waals surface area contributed by atoms with Crippen LogP contribution in [0, 0.1) is 17.0 Å². The van der Waals surface area contributed by atoms with E-state index in [0.29, 0.717) is 5.56 Å². The van der Waals surface area contributed by atoms with Crippen LogP contribution in [0.4, 0.5) is 5.69 Å². The number of carbonyl (C=O) groups excluding carboxylic acids is 2. The Kier molecular flexibility index (Phi) is 6.29. The first-order valence-corrected chi connectivity index (χ1v) is 8.90. The second-order valence-electron chi connectivity index (χ2n) is 6.27. The SMILES string of the molecule is Cc1ccc(C(=O)N/N=C/c2cccc([N+](=O)[O-])c2OC(=O)c2ccccc2)cc1. The number of nitro benzene ring substituents is 1. The zero-order chi connectivity index (χ0) is 21.5. The molecule has 0 heterocycles. The number of carbonyl (C=O) groups is 2. The molecule has 30 heavy (non-hydrogen) atoms. The molecule has 0 saturated carbocycles. The molecule has 3 aromatic rings. The molecule has 0 aliphatic heterocycles. The van der Waals surface area contributed by atoms with Gasteiger partial charge in [0.1, 0.15) is 0 Å². The molecule has 0 aliphatic carbocycles. The molecule has 1 amide bonds. The highest BCUT2D eigenvalue weighted by Gasteiger charge is 2.22. The minimum atomic E-state index is -0.747. The average Bonchev–Trinajstić information content (AvgIpc) is 2.75. The molecule has 0 atom stereocenters. The Morgan fingerprint density at radius 3 is 2.33 bits per heavy atom. The quantitative estimate of drug-likeness (QED) is 0.221. The van der Waals surface area contributed by atoms with E-state index in [1.165, 1.54) is 36.5 Å². The van der Waals surface area contributed by atoms with Crippen LogP contribution >= 0.6 is 0 Å². The van der Waals surface area contributed by atoms with E-state index in [2.05, 4.69) is 10.5 Å². The minimum absolute atomic E-state index is 0.165. The van der Waals surface area contributed by atoms with Crippen molar-refractivity contribution in [1.29, 1.82) is 0 Å². The molecule has 0 spiro atoms. The summed E-state index contributed by atoms with van der Waals surface area (Å²) in [5, 5.41) is 15.2. The van der Waals surface area contributed by atoms with Gasteiger partial charge in [0.25, 0.3) is 5.91 Å². The first kappa shape index (κ1) is 20.4. The third kappa shape index (κ3) is 4.93. The molecule has 8 nitrogen and oxygen atoms in total. The number of hydrogen-bond donors (Lipinski definition) is 1. The molecule has 8 heteroatoms. The predicted molar refractivity (Wildman–Crippen MR) is 111 cm³/mol. The molecule has 3 aromatic carbocycles. The number of nitrogens with zero attached hydrogens (tertiary/aromatic N) is 2. The van der Waals surface area contributed by atoms with Gasteiger partial charge in [0.15, 0.2) is 0 Å². The number of nitro groups is 1. The van der Waals surface area contributed by atoms with Gasteiger partial charge < -0.3 is 4.74 Å². The molecule has 1 N–H and O–H groups in total. The van der Waals surface area contributed by atoms with Crippen molar-refractivity contribution in [3.63, 3.8) is 0 Å². The average molecular weight is 403 g/mol. The smallest absolute Gasteiger partial charge is 0.343 e. The Hall–Kier alpha value is -4.33. The van der Waals surface area contributed by atoms with Crippen LogP contribution in [0.3, 0.4) is 0 Å². The van der Waals surface area contributed by atoms with Crippen molar-refractivity contribution in [2.45, 2.75) is 6.92 Å². The normalized spacial score (nSPS) is 10.6. The fourth-order valence-corrected chi connectivity index (χ4v) is 2.55. The Labute approximate surface area is 172 Å². The number of ether oxygens (including phenoxy) is 1. The van der Waals surface area contributed by atoms with Gasteiger partial charge in [0.2, 0.25) is 5.75 Å².